The van der Waals surface area contributed by atoms with Crippen molar-refractivity contribution in [2.45, 2.75) is 52.1 Å². The highest BCUT2D eigenvalue weighted by Gasteiger charge is 2.37. The van der Waals surface area contributed by atoms with Crippen LogP contribution in [0.4, 0.5) is 0 Å². The zero-order chi connectivity index (χ0) is 21.1. The van der Waals surface area contributed by atoms with Crippen LogP contribution in [0.15, 0.2) is 41.7 Å². The average molecular weight is 409 g/mol. The smallest absolute Gasteiger partial charge is 0.348 e. The number of aromatic nitrogens is 2. The number of ether oxygens (including phenoxy) is 2. The molecule has 2 N–H and O–H groups in total. The van der Waals surface area contributed by atoms with E-state index in [0.29, 0.717) is 12.5 Å². The van der Waals surface area contributed by atoms with E-state index in [9.17, 15) is 9.59 Å². The minimum absolute atomic E-state index is 0.0660. The van der Waals surface area contributed by atoms with Gasteiger partial charge in [-0.25, -0.2) is 9.78 Å². The minimum Gasteiger partial charge on any atom is -0.459 e. The minimum atomic E-state index is -0.662. The van der Waals surface area contributed by atoms with Crippen molar-refractivity contribution in [1.82, 2.24) is 15.3 Å². The van der Waals surface area contributed by atoms with Crippen LogP contribution in [0.5, 0.6) is 0 Å². The van der Waals surface area contributed by atoms with E-state index in [2.05, 4.69) is 15.3 Å². The first-order valence-electron chi connectivity index (χ1n) is 10.6. The Kier molecular flexibility index (Phi) is 5.88. The van der Waals surface area contributed by atoms with Crippen LogP contribution in [-0.4, -0.2) is 34.4 Å². The Labute approximate surface area is 175 Å². The molecule has 2 aromatic rings. The lowest BCUT2D eigenvalue weighted by atomic mass is 9.89. The van der Waals surface area contributed by atoms with Crippen LogP contribution in [0.3, 0.4) is 0 Å². The van der Waals surface area contributed by atoms with Gasteiger partial charge in [0.2, 0.25) is 11.7 Å². The summed E-state index contributed by atoms with van der Waals surface area (Å²) < 4.78 is 11.1. The molecule has 1 aliphatic carbocycles. The fraction of sp³-hybridized carbons (Fsp3) is 0.435. The molecule has 2 aromatic heterocycles. The van der Waals surface area contributed by atoms with E-state index in [1.165, 1.54) is 19.3 Å². The predicted molar refractivity (Wildman–Crippen MR) is 113 cm³/mol. The lowest BCUT2D eigenvalue weighted by Crippen LogP contribution is -2.27. The van der Waals surface area contributed by atoms with Gasteiger partial charge in [0.25, 0.3) is 0 Å². The van der Waals surface area contributed by atoms with Crippen molar-refractivity contribution in [3.63, 3.8) is 0 Å². The fourth-order valence-electron chi connectivity index (χ4n) is 3.98. The Morgan fingerprint density at radius 3 is 2.93 bits per heavy atom. The summed E-state index contributed by atoms with van der Waals surface area (Å²) in [7, 11) is 0. The van der Waals surface area contributed by atoms with Crippen molar-refractivity contribution in [3.8, 4) is 0 Å². The van der Waals surface area contributed by atoms with Gasteiger partial charge in [0.15, 0.2) is 11.3 Å². The van der Waals surface area contributed by atoms with Crippen LogP contribution < -0.4 is 5.32 Å². The van der Waals surface area contributed by atoms with Gasteiger partial charge in [-0.15, -0.1) is 0 Å². The molecule has 0 radical (unpaired) electrons. The maximum atomic E-state index is 13.0. The third kappa shape index (κ3) is 4.25. The van der Waals surface area contributed by atoms with E-state index < -0.39 is 11.8 Å². The van der Waals surface area contributed by atoms with Crippen LogP contribution in [0.25, 0.3) is 17.1 Å². The Bertz CT molecular complexity index is 1010. The molecule has 0 saturated heterocycles. The molecule has 0 aromatic carbocycles. The number of esters is 1. The van der Waals surface area contributed by atoms with Crippen LogP contribution in [0.2, 0.25) is 0 Å². The molecule has 30 heavy (non-hydrogen) atoms. The Balaban J connectivity index is 1.59. The highest BCUT2D eigenvalue weighted by molar-refractivity contribution is 6.26. The molecular formula is C23H27N3O4. The first kappa shape index (κ1) is 20.2. The molecule has 0 atom stereocenters. The average Bonchev–Trinajstić information content (AvgIpc) is 3.28. The van der Waals surface area contributed by atoms with Crippen LogP contribution in [-0.2, 0) is 19.1 Å². The number of nitrogens with one attached hydrogen (secondary N) is 2. The maximum absolute atomic E-state index is 13.0. The standard InChI is InChI=1S/C23H27N3O4/c1-14(2)29-23(28)19-20(27)18(11-16-13-25-21-17(16)9-6-10-24-21)30-22(19)26-12-15-7-4-3-5-8-15/h6,9-11,13-15,26H,3-5,7-8,12H2,1-2H3,(H,24,25). The number of carbonyl (C=O) groups is 2. The SMILES string of the molecule is CC(C)OC(=O)C1=C(NCC2CCCCC2)OC(=Cc2c[nH]c3ncccc23)C1=O. The molecule has 0 spiro atoms. The number of rotatable bonds is 6. The van der Waals surface area contributed by atoms with Crippen molar-refractivity contribution in [1.29, 1.82) is 0 Å². The topological polar surface area (TPSA) is 93.3 Å². The summed E-state index contributed by atoms with van der Waals surface area (Å²) in [6.45, 7) is 4.18. The highest BCUT2D eigenvalue weighted by Crippen LogP contribution is 2.29. The van der Waals surface area contributed by atoms with Gasteiger partial charge in [0, 0.05) is 29.9 Å². The molecule has 7 heteroatoms. The lowest BCUT2D eigenvalue weighted by Gasteiger charge is -2.22. The number of nitrogens with zero attached hydrogens (tertiary/aromatic N) is 1. The molecule has 1 fully saturated rings. The zero-order valence-electron chi connectivity index (χ0n) is 17.4. The number of aromatic amines is 1. The third-order valence-corrected chi connectivity index (χ3v) is 5.48. The van der Waals surface area contributed by atoms with E-state index in [1.807, 2.05) is 12.1 Å². The molecule has 0 bridgehead atoms. The van der Waals surface area contributed by atoms with Crippen LogP contribution in [0, 0.1) is 5.92 Å². The van der Waals surface area contributed by atoms with Gasteiger partial charge in [0.1, 0.15) is 5.65 Å². The summed E-state index contributed by atoms with van der Waals surface area (Å²) in [6.07, 6.45) is 10.8. The van der Waals surface area contributed by atoms with Gasteiger partial charge >= 0.3 is 5.97 Å². The van der Waals surface area contributed by atoms with Crippen LogP contribution >= 0.6 is 0 Å². The first-order chi connectivity index (χ1) is 14.5. The molecule has 0 amide bonds. The van der Waals surface area contributed by atoms with E-state index in [-0.39, 0.29) is 23.3 Å². The zero-order valence-corrected chi connectivity index (χ0v) is 17.4. The number of hydrogen-bond acceptors (Lipinski definition) is 6. The van der Waals surface area contributed by atoms with Crippen molar-refractivity contribution in [2.24, 2.45) is 5.92 Å². The molecule has 1 saturated carbocycles. The van der Waals surface area contributed by atoms with Crippen molar-refractivity contribution >= 4 is 28.9 Å². The van der Waals surface area contributed by atoms with E-state index in [4.69, 9.17) is 9.47 Å². The van der Waals surface area contributed by atoms with Crippen molar-refractivity contribution in [3.05, 3.63) is 47.3 Å². The van der Waals surface area contributed by atoms with Crippen LogP contribution in [0.1, 0.15) is 51.5 Å². The van der Waals surface area contributed by atoms with Gasteiger partial charge in [-0.1, -0.05) is 19.3 Å². The Morgan fingerprint density at radius 1 is 1.37 bits per heavy atom. The molecule has 0 unspecified atom stereocenters. The number of allylic oxidation sites excluding steroid dienone is 1. The number of pyridine rings is 1. The van der Waals surface area contributed by atoms with Gasteiger partial charge in [-0.05, 0) is 50.8 Å². The summed E-state index contributed by atoms with van der Waals surface area (Å²) in [4.78, 5) is 33.0. The monoisotopic (exact) mass is 409 g/mol. The van der Waals surface area contributed by atoms with E-state index >= 15 is 0 Å². The summed E-state index contributed by atoms with van der Waals surface area (Å²) in [5.41, 5.74) is 1.42. The first-order valence-corrected chi connectivity index (χ1v) is 10.6. The molecular weight excluding hydrogens is 382 g/mol. The van der Waals surface area contributed by atoms with Gasteiger partial charge in [0.05, 0.1) is 6.10 Å². The molecule has 3 heterocycles. The lowest BCUT2D eigenvalue weighted by molar-refractivity contribution is -0.143. The van der Waals surface area contributed by atoms with Gasteiger partial charge < -0.3 is 19.8 Å². The second-order valence-corrected chi connectivity index (χ2v) is 8.13. The molecule has 1 aliphatic heterocycles. The van der Waals surface area contributed by atoms with E-state index in [1.54, 1.807) is 32.3 Å². The number of ketones is 1. The number of carbonyl (C=O) groups excluding carboxylic acids is 2. The summed E-state index contributed by atoms with van der Waals surface area (Å²) in [5, 5.41) is 4.08. The van der Waals surface area contributed by atoms with Crippen molar-refractivity contribution < 1.29 is 19.1 Å². The Hall–Kier alpha value is -3.09. The molecule has 158 valence electrons. The predicted octanol–water partition coefficient (Wildman–Crippen LogP) is 3.84. The summed E-state index contributed by atoms with van der Waals surface area (Å²) in [6, 6.07) is 3.74. The molecule has 7 nitrogen and oxygen atoms in total. The van der Waals surface area contributed by atoms with Gasteiger partial charge in [-0.3, -0.25) is 4.79 Å². The van der Waals surface area contributed by atoms with E-state index in [0.717, 1.165) is 29.4 Å². The number of H-pyrrole nitrogens is 1. The number of hydrogen-bond donors (Lipinski definition) is 2. The highest BCUT2D eigenvalue weighted by atomic mass is 16.5. The van der Waals surface area contributed by atoms with Crippen molar-refractivity contribution in [2.75, 3.05) is 6.54 Å². The third-order valence-electron chi connectivity index (χ3n) is 5.48. The molecule has 4 rings (SSSR count). The summed E-state index contributed by atoms with van der Waals surface area (Å²) in [5.74, 6) is -0.322. The Morgan fingerprint density at radius 2 is 2.17 bits per heavy atom. The second-order valence-electron chi connectivity index (χ2n) is 8.13. The number of Topliss-reactive ketones (excluding diaryl/α,β-unsaturated/α-hetero) is 1. The van der Waals surface area contributed by atoms with Gasteiger partial charge in [-0.2, -0.15) is 0 Å². The molecule has 2 aliphatic rings. The summed E-state index contributed by atoms with van der Waals surface area (Å²) >= 11 is 0. The second kappa shape index (κ2) is 8.73. The largest absolute Gasteiger partial charge is 0.459 e. The fourth-order valence-corrected chi connectivity index (χ4v) is 3.98. The maximum Gasteiger partial charge on any atom is 0.348 e. The number of fused-ring (bicyclic) bond motifs is 1. The quantitative estimate of drug-likeness (QED) is 0.428. The normalized spacial score (nSPS) is 19.0.